The Hall–Kier alpha value is -1.31. The van der Waals surface area contributed by atoms with Gasteiger partial charge in [0.25, 0.3) is 5.95 Å². The van der Waals surface area contributed by atoms with Crippen molar-refractivity contribution in [3.8, 4) is 5.75 Å². The maximum atomic E-state index is 7.29. The molecule has 0 amide bonds. The van der Waals surface area contributed by atoms with Crippen molar-refractivity contribution in [1.29, 1.82) is 0 Å². The molecule has 0 saturated heterocycles. The van der Waals surface area contributed by atoms with E-state index in [4.69, 9.17) is 9.39 Å². The molecule has 0 atom stereocenters. The molecule has 0 radical (unpaired) electrons. The first kappa shape index (κ1) is 28.2. The molecule has 0 unspecified atom stereocenters. The first-order chi connectivity index (χ1) is 18.7. The van der Waals surface area contributed by atoms with Gasteiger partial charge in [-0.15, -0.1) is 0 Å². The molecule has 0 bridgehead atoms. The van der Waals surface area contributed by atoms with Gasteiger partial charge in [0.2, 0.25) is 0 Å². The third kappa shape index (κ3) is 7.45. The first-order valence-corrected chi connectivity index (χ1v) is 16.8. The van der Waals surface area contributed by atoms with Crippen LogP contribution >= 0.6 is 0 Å². The lowest BCUT2D eigenvalue weighted by Crippen LogP contribution is -2.35. The standard InChI is InChI=1S/C34H54B2O2/c1-27-16-15-17-28(2)34(27)37-33(26-35(29-18-7-3-8-19-29)30-20-9-4-10-21-30)38-36(31-22-11-5-12-23-31)32-24-13-6-14-25-32/h15-17,26,29-32H,3-14,18-25H2,1-2H3/b33-26+. The lowest BCUT2D eigenvalue weighted by molar-refractivity contribution is 0.210. The Labute approximate surface area is 235 Å². The molecule has 38 heavy (non-hydrogen) atoms. The average molecular weight is 516 g/mol. The van der Waals surface area contributed by atoms with E-state index in [1.165, 1.54) is 140 Å². The second-order valence-corrected chi connectivity index (χ2v) is 13.6. The minimum Gasteiger partial charge on any atom is -0.536 e. The molecule has 4 saturated carbocycles. The van der Waals surface area contributed by atoms with E-state index in [2.05, 4.69) is 38.0 Å². The van der Waals surface area contributed by atoms with Crippen LogP contribution in [0.3, 0.4) is 0 Å². The summed E-state index contributed by atoms with van der Waals surface area (Å²) in [6, 6.07) is 6.54. The van der Waals surface area contributed by atoms with Crippen LogP contribution in [0.15, 0.2) is 30.1 Å². The quantitative estimate of drug-likeness (QED) is 0.240. The number of benzene rings is 1. The topological polar surface area (TPSA) is 18.5 Å². The zero-order valence-electron chi connectivity index (χ0n) is 24.7. The van der Waals surface area contributed by atoms with Gasteiger partial charge in [-0.05, 0) is 42.6 Å². The number of para-hydroxylation sites is 1. The van der Waals surface area contributed by atoms with Crippen LogP contribution in [-0.2, 0) is 4.65 Å². The molecule has 4 fully saturated rings. The number of hydrogen-bond donors (Lipinski definition) is 0. The van der Waals surface area contributed by atoms with E-state index >= 15 is 0 Å². The van der Waals surface area contributed by atoms with Crippen molar-refractivity contribution in [3.05, 3.63) is 41.2 Å². The zero-order chi connectivity index (χ0) is 26.2. The van der Waals surface area contributed by atoms with Gasteiger partial charge in [0, 0.05) is 0 Å². The molecule has 0 aliphatic heterocycles. The second kappa shape index (κ2) is 14.4. The number of rotatable bonds is 9. The molecule has 4 aliphatic rings. The predicted octanol–water partition coefficient (Wildman–Crippen LogP) is 10.9. The molecule has 4 heteroatoms. The highest BCUT2D eigenvalue weighted by molar-refractivity contribution is 6.67. The van der Waals surface area contributed by atoms with Gasteiger partial charge < -0.3 is 9.39 Å². The largest absolute Gasteiger partial charge is 0.536 e. The fourth-order valence-electron chi connectivity index (χ4n) is 8.65. The van der Waals surface area contributed by atoms with Gasteiger partial charge in [0.15, 0.2) is 6.71 Å². The normalized spacial score (nSPS) is 23.3. The molecule has 0 N–H and O–H groups in total. The van der Waals surface area contributed by atoms with Crippen molar-refractivity contribution < 1.29 is 9.39 Å². The molecule has 5 rings (SSSR count). The lowest BCUT2D eigenvalue weighted by atomic mass is 9.30. The highest BCUT2D eigenvalue weighted by atomic mass is 16.7. The molecule has 0 heterocycles. The van der Waals surface area contributed by atoms with Crippen LogP contribution in [0.1, 0.15) is 140 Å². The number of aryl methyl sites for hydroxylation is 2. The van der Waals surface area contributed by atoms with Gasteiger partial charge in [-0.1, -0.05) is 158 Å². The minimum atomic E-state index is 0.324. The van der Waals surface area contributed by atoms with Crippen LogP contribution in [0, 0.1) is 13.8 Å². The highest BCUT2D eigenvalue weighted by Gasteiger charge is 2.40. The molecule has 1 aromatic rings. The van der Waals surface area contributed by atoms with Crippen LogP contribution in [0.5, 0.6) is 5.75 Å². The monoisotopic (exact) mass is 516 g/mol. The molecular weight excluding hydrogens is 462 g/mol. The van der Waals surface area contributed by atoms with Crippen LogP contribution in [0.25, 0.3) is 0 Å². The maximum absolute atomic E-state index is 7.29. The number of hydrogen-bond acceptors (Lipinski definition) is 2. The Morgan fingerprint density at radius 3 is 1.42 bits per heavy atom. The first-order valence-electron chi connectivity index (χ1n) is 16.8. The Morgan fingerprint density at radius 1 is 0.605 bits per heavy atom. The van der Waals surface area contributed by atoms with Crippen molar-refractivity contribution in [3.63, 3.8) is 0 Å². The van der Waals surface area contributed by atoms with E-state index in [1.54, 1.807) is 0 Å². The summed E-state index contributed by atoms with van der Waals surface area (Å²) in [7, 11) is 0. The van der Waals surface area contributed by atoms with Crippen molar-refractivity contribution in [1.82, 2.24) is 0 Å². The van der Waals surface area contributed by atoms with Gasteiger partial charge in [-0.25, -0.2) is 0 Å². The summed E-state index contributed by atoms with van der Waals surface area (Å²) in [5.41, 5.74) is 2.44. The molecule has 208 valence electrons. The molecule has 1 aromatic carbocycles. The van der Waals surface area contributed by atoms with E-state index in [0.717, 1.165) is 23.3 Å². The predicted molar refractivity (Wildman–Crippen MR) is 165 cm³/mol. The van der Waals surface area contributed by atoms with Crippen molar-refractivity contribution >= 4 is 13.6 Å². The van der Waals surface area contributed by atoms with Crippen LogP contribution < -0.4 is 4.74 Å². The van der Waals surface area contributed by atoms with Gasteiger partial charge in [-0.2, -0.15) is 0 Å². The molecule has 0 aromatic heterocycles. The Bertz CT molecular complexity index is 818. The van der Waals surface area contributed by atoms with E-state index < -0.39 is 0 Å². The summed E-state index contributed by atoms with van der Waals surface area (Å²) in [4.78, 5) is 0. The van der Waals surface area contributed by atoms with E-state index in [1.807, 2.05) is 0 Å². The summed E-state index contributed by atoms with van der Waals surface area (Å²) >= 11 is 0. The third-order valence-corrected chi connectivity index (χ3v) is 10.8. The molecule has 4 aliphatic carbocycles. The lowest BCUT2D eigenvalue weighted by Gasteiger charge is -2.37. The van der Waals surface area contributed by atoms with Gasteiger partial charge in [0.1, 0.15) is 5.75 Å². The Kier molecular flexibility index (Phi) is 10.7. The fourth-order valence-corrected chi connectivity index (χ4v) is 8.65. The Balaban J connectivity index is 1.48. The SMILES string of the molecule is Cc1cccc(C)c1O/C(=C\B(C1CCCCC1)C1CCCCC1)OB(C1CCCCC1)C1CCCCC1. The third-order valence-electron chi connectivity index (χ3n) is 10.8. The molecule has 2 nitrogen and oxygen atoms in total. The fraction of sp³-hybridized carbons (Fsp3) is 0.765. The van der Waals surface area contributed by atoms with Crippen LogP contribution in [0.2, 0.25) is 23.3 Å². The average Bonchev–Trinajstić information content (AvgIpc) is 2.98. The summed E-state index contributed by atoms with van der Waals surface area (Å²) in [5, 5.41) is 0. The summed E-state index contributed by atoms with van der Waals surface area (Å²) in [6.07, 6.45) is 27.7. The minimum absolute atomic E-state index is 0.324. The summed E-state index contributed by atoms with van der Waals surface area (Å²) < 4.78 is 14.2. The van der Waals surface area contributed by atoms with Crippen molar-refractivity contribution in [2.75, 3.05) is 0 Å². The smallest absolute Gasteiger partial charge is 0.368 e. The summed E-state index contributed by atoms with van der Waals surface area (Å²) in [5.74, 6) is 7.43. The van der Waals surface area contributed by atoms with Crippen LogP contribution in [-0.4, -0.2) is 13.6 Å². The van der Waals surface area contributed by atoms with Gasteiger partial charge in [0.05, 0.1) is 0 Å². The molecular formula is C34H54B2O2. The van der Waals surface area contributed by atoms with E-state index in [9.17, 15) is 0 Å². The summed E-state index contributed by atoms with van der Waals surface area (Å²) in [6.45, 7) is 5.32. The van der Waals surface area contributed by atoms with Crippen molar-refractivity contribution in [2.45, 2.75) is 166 Å². The van der Waals surface area contributed by atoms with E-state index in [0.29, 0.717) is 25.3 Å². The number of ether oxygens (including phenoxy) is 1. The van der Waals surface area contributed by atoms with Crippen molar-refractivity contribution in [2.24, 2.45) is 0 Å². The highest BCUT2D eigenvalue weighted by Crippen LogP contribution is 2.45. The Morgan fingerprint density at radius 2 is 1.00 bits per heavy atom. The maximum Gasteiger partial charge on any atom is 0.368 e. The second-order valence-electron chi connectivity index (χ2n) is 13.6. The molecule has 0 spiro atoms. The zero-order valence-corrected chi connectivity index (χ0v) is 24.7. The van der Waals surface area contributed by atoms with E-state index in [-0.39, 0.29) is 0 Å². The van der Waals surface area contributed by atoms with Gasteiger partial charge >= 0.3 is 6.92 Å². The van der Waals surface area contributed by atoms with Gasteiger partial charge in [-0.3, -0.25) is 0 Å². The van der Waals surface area contributed by atoms with Crippen LogP contribution in [0.4, 0.5) is 0 Å².